The molecule has 3 rings (SSSR count). The molecular formula is C24H25F3N2O4. The van der Waals surface area contributed by atoms with Gasteiger partial charge in [0.1, 0.15) is 17.2 Å². The van der Waals surface area contributed by atoms with Crippen LogP contribution in [0.15, 0.2) is 54.2 Å². The summed E-state index contributed by atoms with van der Waals surface area (Å²) in [7, 11) is 0. The predicted octanol–water partition coefficient (Wildman–Crippen LogP) is 5.22. The number of amides is 2. The van der Waals surface area contributed by atoms with Gasteiger partial charge in [-0.25, -0.2) is 0 Å². The van der Waals surface area contributed by atoms with Crippen molar-refractivity contribution in [2.24, 2.45) is 5.92 Å². The molecule has 0 aromatic heterocycles. The first-order valence-corrected chi connectivity index (χ1v) is 10.4. The first-order valence-electron chi connectivity index (χ1n) is 10.4. The Labute approximate surface area is 190 Å². The van der Waals surface area contributed by atoms with Crippen molar-refractivity contribution >= 4 is 23.1 Å². The van der Waals surface area contributed by atoms with Gasteiger partial charge in [-0.1, -0.05) is 32.0 Å². The third-order valence-corrected chi connectivity index (χ3v) is 4.57. The maximum absolute atomic E-state index is 13.2. The van der Waals surface area contributed by atoms with Crippen molar-refractivity contribution in [3.8, 4) is 11.5 Å². The molecule has 1 heterocycles. The van der Waals surface area contributed by atoms with Crippen molar-refractivity contribution in [3.05, 3.63) is 59.8 Å². The Morgan fingerprint density at radius 2 is 1.61 bits per heavy atom. The molecule has 1 aliphatic rings. The van der Waals surface area contributed by atoms with Crippen molar-refractivity contribution in [3.63, 3.8) is 0 Å². The molecule has 0 bridgehead atoms. The Hall–Kier alpha value is -3.49. The van der Waals surface area contributed by atoms with Gasteiger partial charge in [0.15, 0.2) is 0 Å². The Morgan fingerprint density at radius 3 is 2.18 bits per heavy atom. The molecule has 0 saturated heterocycles. The molecule has 176 valence electrons. The van der Waals surface area contributed by atoms with E-state index in [4.69, 9.17) is 4.74 Å². The summed E-state index contributed by atoms with van der Waals surface area (Å²) >= 11 is 0. The fraction of sp³-hybridized carbons (Fsp3) is 0.333. The van der Waals surface area contributed by atoms with Crippen LogP contribution >= 0.6 is 0 Å². The van der Waals surface area contributed by atoms with Gasteiger partial charge in [0.05, 0.1) is 11.7 Å². The van der Waals surface area contributed by atoms with Crippen LogP contribution in [0.5, 0.6) is 11.5 Å². The van der Waals surface area contributed by atoms with E-state index in [0.717, 1.165) is 17.0 Å². The van der Waals surface area contributed by atoms with Crippen LogP contribution in [0.3, 0.4) is 0 Å². The summed E-state index contributed by atoms with van der Waals surface area (Å²) in [5.74, 6) is -0.828. The monoisotopic (exact) mass is 462 g/mol. The average molecular weight is 462 g/mol. The smallest absolute Gasteiger partial charge is 0.491 e. The Morgan fingerprint density at radius 1 is 0.939 bits per heavy atom. The zero-order chi connectivity index (χ0) is 24.3. The predicted molar refractivity (Wildman–Crippen MR) is 117 cm³/mol. The first kappa shape index (κ1) is 24.2. The molecule has 9 heteroatoms. The van der Waals surface area contributed by atoms with E-state index in [0.29, 0.717) is 11.3 Å². The number of anilines is 1. The Balaban J connectivity index is 1.99. The molecule has 0 unspecified atom stereocenters. The number of imide groups is 1. The van der Waals surface area contributed by atoms with Crippen LogP contribution in [0, 0.1) is 5.92 Å². The summed E-state index contributed by atoms with van der Waals surface area (Å²) < 4.78 is 47.4. The number of rotatable bonds is 8. The minimum Gasteiger partial charge on any atom is -0.491 e. The van der Waals surface area contributed by atoms with Crippen molar-refractivity contribution in [1.29, 1.82) is 0 Å². The van der Waals surface area contributed by atoms with Gasteiger partial charge in [0.25, 0.3) is 11.8 Å². The zero-order valence-electron chi connectivity index (χ0n) is 18.7. The zero-order valence-corrected chi connectivity index (χ0v) is 18.7. The van der Waals surface area contributed by atoms with Gasteiger partial charge in [-0.05, 0) is 49.6 Å². The van der Waals surface area contributed by atoms with Crippen molar-refractivity contribution < 1.29 is 32.2 Å². The van der Waals surface area contributed by atoms with Gasteiger partial charge in [-0.15, -0.1) is 13.2 Å². The lowest BCUT2D eigenvalue weighted by Crippen LogP contribution is -2.35. The fourth-order valence-corrected chi connectivity index (χ4v) is 3.38. The quantitative estimate of drug-likeness (QED) is 0.545. The maximum Gasteiger partial charge on any atom is 0.573 e. The summed E-state index contributed by atoms with van der Waals surface area (Å²) in [6, 6.07) is 11.8. The van der Waals surface area contributed by atoms with Gasteiger partial charge in [-0.3, -0.25) is 14.5 Å². The van der Waals surface area contributed by atoms with Gasteiger partial charge < -0.3 is 14.8 Å². The molecule has 0 fully saturated rings. The lowest BCUT2D eigenvalue weighted by atomic mass is 10.0. The van der Waals surface area contributed by atoms with E-state index in [-0.39, 0.29) is 35.5 Å². The number of carbonyl (C=O) groups is 2. The topological polar surface area (TPSA) is 67.9 Å². The molecule has 0 aliphatic carbocycles. The minimum absolute atomic E-state index is 0.0117. The van der Waals surface area contributed by atoms with E-state index in [1.165, 1.54) is 12.1 Å². The number of nitrogens with one attached hydrogen (secondary N) is 1. The largest absolute Gasteiger partial charge is 0.573 e. The SMILES string of the molecule is CC(C)CN1C(=O)C(Nc2cccc(OC(F)(F)F)c2)=C(c2ccc(OC(C)C)cc2)C1=O. The second-order valence-corrected chi connectivity index (χ2v) is 8.26. The molecule has 1 aliphatic heterocycles. The molecule has 0 radical (unpaired) electrons. The first-order chi connectivity index (χ1) is 15.4. The molecule has 6 nitrogen and oxygen atoms in total. The highest BCUT2D eigenvalue weighted by atomic mass is 19.4. The molecule has 33 heavy (non-hydrogen) atoms. The standard InChI is InChI=1S/C24H25F3N2O4/c1-14(2)13-29-22(30)20(16-8-10-18(11-9-16)32-15(3)4)21(23(29)31)28-17-6-5-7-19(12-17)33-24(25,26)27/h5-12,14-15,28H,13H2,1-4H3. The Kier molecular flexibility index (Phi) is 7.00. The molecule has 1 N–H and O–H groups in total. The third kappa shape index (κ3) is 6.06. The van der Waals surface area contributed by atoms with Crippen LogP contribution in [0.1, 0.15) is 33.3 Å². The highest BCUT2D eigenvalue weighted by Gasteiger charge is 2.39. The van der Waals surface area contributed by atoms with Gasteiger partial charge in [-0.2, -0.15) is 0 Å². The maximum atomic E-state index is 13.2. The van der Waals surface area contributed by atoms with E-state index in [2.05, 4.69) is 10.1 Å². The highest BCUT2D eigenvalue weighted by Crippen LogP contribution is 2.33. The number of nitrogens with zero attached hydrogens (tertiary/aromatic N) is 1. The van der Waals surface area contributed by atoms with Crippen LogP contribution in [0.4, 0.5) is 18.9 Å². The summed E-state index contributed by atoms with van der Waals surface area (Å²) in [5.41, 5.74) is 0.790. The summed E-state index contributed by atoms with van der Waals surface area (Å²) in [4.78, 5) is 27.4. The minimum atomic E-state index is -4.85. The van der Waals surface area contributed by atoms with Crippen LogP contribution in [0.2, 0.25) is 0 Å². The molecule has 2 aromatic rings. The highest BCUT2D eigenvalue weighted by molar-refractivity contribution is 6.36. The van der Waals surface area contributed by atoms with E-state index >= 15 is 0 Å². The molecule has 0 atom stereocenters. The van der Waals surface area contributed by atoms with Crippen LogP contribution in [-0.2, 0) is 9.59 Å². The number of benzene rings is 2. The van der Waals surface area contributed by atoms with Crippen molar-refractivity contribution in [1.82, 2.24) is 4.90 Å². The van der Waals surface area contributed by atoms with Gasteiger partial charge >= 0.3 is 6.36 Å². The number of alkyl halides is 3. The molecule has 2 amide bonds. The van der Waals surface area contributed by atoms with E-state index in [1.54, 1.807) is 24.3 Å². The molecule has 0 saturated carbocycles. The van der Waals surface area contributed by atoms with Gasteiger partial charge in [0, 0.05) is 18.3 Å². The van der Waals surface area contributed by atoms with Crippen LogP contribution < -0.4 is 14.8 Å². The normalized spacial score (nSPS) is 14.5. The van der Waals surface area contributed by atoms with E-state index in [9.17, 15) is 22.8 Å². The second-order valence-electron chi connectivity index (χ2n) is 8.26. The number of ether oxygens (including phenoxy) is 2. The third-order valence-electron chi connectivity index (χ3n) is 4.57. The molecule has 0 spiro atoms. The average Bonchev–Trinajstić information content (AvgIpc) is 2.91. The van der Waals surface area contributed by atoms with Gasteiger partial charge in [0.2, 0.25) is 0 Å². The van der Waals surface area contributed by atoms with Crippen molar-refractivity contribution in [2.75, 3.05) is 11.9 Å². The second kappa shape index (κ2) is 9.56. The number of halogens is 3. The molecule has 2 aromatic carbocycles. The number of carbonyl (C=O) groups excluding carboxylic acids is 2. The lowest BCUT2D eigenvalue weighted by Gasteiger charge is -2.17. The Bertz CT molecular complexity index is 1060. The molecular weight excluding hydrogens is 437 g/mol. The summed E-state index contributed by atoms with van der Waals surface area (Å²) in [6.07, 6.45) is -4.88. The van der Waals surface area contributed by atoms with Crippen molar-refractivity contribution in [2.45, 2.75) is 40.2 Å². The number of hydrogen-bond donors (Lipinski definition) is 1. The summed E-state index contributed by atoms with van der Waals surface area (Å²) in [5, 5.41) is 2.83. The van der Waals surface area contributed by atoms with E-state index < -0.39 is 23.9 Å². The van der Waals surface area contributed by atoms with Crippen LogP contribution in [0.25, 0.3) is 5.57 Å². The summed E-state index contributed by atoms with van der Waals surface area (Å²) in [6.45, 7) is 7.73. The van der Waals surface area contributed by atoms with Crippen LogP contribution in [-0.4, -0.2) is 35.7 Å². The number of hydrogen-bond acceptors (Lipinski definition) is 5. The van der Waals surface area contributed by atoms with E-state index in [1.807, 2.05) is 27.7 Å². The fourth-order valence-electron chi connectivity index (χ4n) is 3.38. The lowest BCUT2D eigenvalue weighted by molar-refractivity contribution is -0.274.